The number of benzene rings is 10. The van der Waals surface area contributed by atoms with Crippen molar-refractivity contribution in [1.82, 2.24) is 14.5 Å². The number of para-hydroxylation sites is 4. The third-order valence-corrected chi connectivity index (χ3v) is 14.3. The highest BCUT2D eigenvalue weighted by molar-refractivity contribution is 6.09. The Hall–Kier alpha value is -9.32. The van der Waals surface area contributed by atoms with Gasteiger partial charge in [0.1, 0.15) is 11.5 Å². The summed E-state index contributed by atoms with van der Waals surface area (Å²) in [5, 5.41) is 2.49. The van der Waals surface area contributed by atoms with Gasteiger partial charge >= 0.3 is 0 Å². The molecule has 70 heavy (non-hydrogen) atoms. The molecule has 14 rings (SSSR count). The molecule has 0 radical (unpaired) electrons. The van der Waals surface area contributed by atoms with Crippen LogP contribution in [0.15, 0.2) is 255 Å². The van der Waals surface area contributed by atoms with Gasteiger partial charge in [-0.3, -0.25) is 4.90 Å². The summed E-state index contributed by atoms with van der Waals surface area (Å²) >= 11 is 0. The van der Waals surface area contributed by atoms with Crippen molar-refractivity contribution in [1.29, 1.82) is 0 Å². The van der Waals surface area contributed by atoms with E-state index in [0.29, 0.717) is 5.95 Å². The average molecular weight is 895 g/mol. The Kier molecular flexibility index (Phi) is 9.04. The van der Waals surface area contributed by atoms with Crippen molar-refractivity contribution in [3.8, 4) is 62.0 Å². The summed E-state index contributed by atoms with van der Waals surface area (Å²) in [6, 6.07) is 91.0. The molecule has 1 spiro atoms. The third kappa shape index (κ3) is 6.11. The van der Waals surface area contributed by atoms with Crippen molar-refractivity contribution in [2.24, 2.45) is 0 Å². The van der Waals surface area contributed by atoms with Crippen LogP contribution in [0.4, 0.5) is 17.3 Å². The second-order valence-electron chi connectivity index (χ2n) is 18.1. The van der Waals surface area contributed by atoms with E-state index in [4.69, 9.17) is 14.7 Å². The third-order valence-electron chi connectivity index (χ3n) is 14.3. The van der Waals surface area contributed by atoms with Gasteiger partial charge in [-0.1, -0.05) is 188 Å². The van der Waals surface area contributed by atoms with Gasteiger partial charge < -0.3 is 9.30 Å². The fourth-order valence-electron chi connectivity index (χ4n) is 11.2. The first-order chi connectivity index (χ1) is 34.7. The Morgan fingerprint density at radius 1 is 0.329 bits per heavy atom. The van der Waals surface area contributed by atoms with Crippen LogP contribution in [0.1, 0.15) is 22.3 Å². The zero-order chi connectivity index (χ0) is 46.2. The standard InChI is InChI=1S/C65H42N4O/c1-4-18-43(19-5-1)47-34-38-60-54(40-47)65(52-26-12-16-30-62(52)70-63-31-17-13-27-53(63)65)55-41-48(44-32-36-49(37-33-44)68-58-28-14-10-24-50(58)51-25-11-15-29-59(51)68)35-39-61(55)69(60)64-66-56(45-20-6-2-7-21-45)42-57(67-64)46-22-8-3-9-23-46/h1-42H. The molecule has 0 saturated carbocycles. The van der Waals surface area contributed by atoms with Crippen molar-refractivity contribution in [2.45, 2.75) is 5.41 Å². The minimum Gasteiger partial charge on any atom is -0.457 e. The van der Waals surface area contributed by atoms with E-state index in [2.05, 4.69) is 252 Å². The number of hydrogen-bond acceptors (Lipinski definition) is 4. The van der Waals surface area contributed by atoms with E-state index >= 15 is 0 Å². The Balaban J connectivity index is 1.05. The fourth-order valence-corrected chi connectivity index (χ4v) is 11.2. The van der Waals surface area contributed by atoms with E-state index in [1.54, 1.807) is 0 Å². The van der Waals surface area contributed by atoms with Gasteiger partial charge in [0.15, 0.2) is 0 Å². The summed E-state index contributed by atoms with van der Waals surface area (Å²) in [7, 11) is 0. The van der Waals surface area contributed by atoms with Gasteiger partial charge in [-0.15, -0.1) is 0 Å². The zero-order valence-electron chi connectivity index (χ0n) is 37.9. The summed E-state index contributed by atoms with van der Waals surface area (Å²) in [6.45, 7) is 0. The van der Waals surface area contributed by atoms with Crippen molar-refractivity contribution in [3.05, 3.63) is 277 Å². The summed E-state index contributed by atoms with van der Waals surface area (Å²) < 4.78 is 9.25. The number of ether oxygens (including phenoxy) is 1. The quantitative estimate of drug-likeness (QED) is 0.167. The van der Waals surface area contributed by atoms with Crippen LogP contribution >= 0.6 is 0 Å². The largest absolute Gasteiger partial charge is 0.457 e. The molecule has 5 heteroatoms. The number of rotatable bonds is 6. The highest BCUT2D eigenvalue weighted by Crippen LogP contribution is 2.63. The monoisotopic (exact) mass is 894 g/mol. The lowest BCUT2D eigenvalue weighted by atomic mass is 9.60. The maximum atomic E-state index is 6.87. The number of hydrogen-bond donors (Lipinski definition) is 0. The molecular weight excluding hydrogens is 853 g/mol. The predicted octanol–water partition coefficient (Wildman–Crippen LogP) is 16.5. The Morgan fingerprint density at radius 2 is 0.743 bits per heavy atom. The Bertz CT molecular complexity index is 3820. The van der Waals surface area contributed by atoms with Gasteiger partial charge in [0.05, 0.1) is 39.2 Å². The molecule has 2 aromatic heterocycles. The van der Waals surface area contributed by atoms with Gasteiger partial charge in [-0.25, -0.2) is 9.97 Å². The molecule has 5 nitrogen and oxygen atoms in total. The highest BCUT2D eigenvalue weighted by atomic mass is 16.5. The zero-order valence-corrected chi connectivity index (χ0v) is 37.9. The van der Waals surface area contributed by atoms with Crippen LogP contribution in [0.25, 0.3) is 72.3 Å². The molecule has 328 valence electrons. The second kappa shape index (κ2) is 15.9. The average Bonchev–Trinajstić information content (AvgIpc) is 3.78. The van der Waals surface area contributed by atoms with Crippen molar-refractivity contribution < 1.29 is 4.74 Å². The van der Waals surface area contributed by atoms with Crippen molar-refractivity contribution in [3.63, 3.8) is 0 Å². The summed E-state index contributed by atoms with van der Waals surface area (Å²) in [5.41, 5.74) is 17.2. The van der Waals surface area contributed by atoms with Crippen molar-refractivity contribution >= 4 is 39.1 Å². The fraction of sp³-hybridized carbons (Fsp3) is 0.0154. The molecule has 0 fully saturated rings. The van der Waals surface area contributed by atoms with Crippen LogP contribution in [0.2, 0.25) is 0 Å². The first-order valence-electron chi connectivity index (χ1n) is 23.8. The van der Waals surface area contributed by atoms with Crippen LogP contribution in [-0.4, -0.2) is 14.5 Å². The molecule has 2 aliphatic rings. The van der Waals surface area contributed by atoms with E-state index < -0.39 is 5.41 Å². The van der Waals surface area contributed by atoms with Gasteiger partial charge in [0, 0.05) is 38.7 Å². The van der Waals surface area contributed by atoms with E-state index in [9.17, 15) is 0 Å². The lowest BCUT2D eigenvalue weighted by molar-refractivity contribution is 0.434. The molecule has 10 aromatic carbocycles. The molecule has 0 atom stereocenters. The number of nitrogens with zero attached hydrogens (tertiary/aromatic N) is 4. The Labute approximate surface area is 405 Å². The van der Waals surface area contributed by atoms with Crippen LogP contribution in [0.5, 0.6) is 11.5 Å². The lowest BCUT2D eigenvalue weighted by Crippen LogP contribution is -2.40. The van der Waals surface area contributed by atoms with Crippen LogP contribution in [0.3, 0.4) is 0 Å². The molecule has 0 aliphatic carbocycles. The first-order valence-corrected chi connectivity index (χ1v) is 23.8. The topological polar surface area (TPSA) is 43.2 Å². The molecule has 0 N–H and O–H groups in total. The van der Waals surface area contributed by atoms with Gasteiger partial charge in [0.25, 0.3) is 0 Å². The highest BCUT2D eigenvalue weighted by Gasteiger charge is 2.52. The Morgan fingerprint density at radius 3 is 1.26 bits per heavy atom. The molecule has 12 aromatic rings. The summed E-state index contributed by atoms with van der Waals surface area (Å²) in [5.74, 6) is 2.24. The molecule has 0 bridgehead atoms. The minimum absolute atomic E-state index is 0.585. The van der Waals surface area contributed by atoms with E-state index in [-0.39, 0.29) is 0 Å². The van der Waals surface area contributed by atoms with E-state index in [0.717, 1.165) is 95.6 Å². The molecule has 0 saturated heterocycles. The maximum Gasteiger partial charge on any atom is 0.235 e. The second-order valence-corrected chi connectivity index (χ2v) is 18.1. The predicted molar refractivity (Wildman–Crippen MR) is 285 cm³/mol. The SMILES string of the molecule is c1ccc(-c2ccc3c(c2)C2(c4ccccc4Oc4ccccc42)c2cc(-c4ccc(-n5c6ccccc6c6ccccc65)cc4)ccc2N3c2nc(-c3ccccc3)cc(-c3ccccc3)n2)cc1. The lowest BCUT2D eigenvalue weighted by Gasteiger charge is -2.48. The summed E-state index contributed by atoms with van der Waals surface area (Å²) in [4.78, 5) is 13.3. The minimum atomic E-state index is -0.824. The van der Waals surface area contributed by atoms with E-state index in [1.807, 2.05) is 12.1 Å². The van der Waals surface area contributed by atoms with Gasteiger partial charge in [0.2, 0.25) is 5.95 Å². The smallest absolute Gasteiger partial charge is 0.235 e. The number of fused-ring (bicyclic) bond motifs is 11. The summed E-state index contributed by atoms with van der Waals surface area (Å²) in [6.07, 6.45) is 0. The molecule has 2 aliphatic heterocycles. The number of aromatic nitrogens is 3. The van der Waals surface area contributed by atoms with Gasteiger partial charge in [-0.2, -0.15) is 0 Å². The number of anilines is 3. The molecule has 0 unspecified atom stereocenters. The van der Waals surface area contributed by atoms with Gasteiger partial charge in [-0.05, 0) is 100 Å². The van der Waals surface area contributed by atoms with Crippen LogP contribution < -0.4 is 9.64 Å². The normalized spacial score (nSPS) is 13.1. The van der Waals surface area contributed by atoms with Crippen LogP contribution in [0, 0.1) is 0 Å². The molecule has 0 amide bonds. The molecule has 4 heterocycles. The van der Waals surface area contributed by atoms with E-state index in [1.165, 1.54) is 21.8 Å². The van der Waals surface area contributed by atoms with Crippen molar-refractivity contribution in [2.75, 3.05) is 4.90 Å². The maximum absolute atomic E-state index is 6.87. The molecular formula is C65H42N4O. The van der Waals surface area contributed by atoms with Crippen LogP contribution in [-0.2, 0) is 5.41 Å². The first kappa shape index (κ1) is 39.8.